The summed E-state index contributed by atoms with van der Waals surface area (Å²) in [6.07, 6.45) is 4.38. The van der Waals surface area contributed by atoms with Gasteiger partial charge in [-0.2, -0.15) is 0 Å². The van der Waals surface area contributed by atoms with Crippen LogP contribution in [0.4, 0.5) is 15.8 Å². The molecule has 2 N–H and O–H groups in total. The van der Waals surface area contributed by atoms with Crippen LogP contribution in [0, 0.1) is 21.8 Å². The highest BCUT2D eigenvalue weighted by Crippen LogP contribution is 2.31. The van der Waals surface area contributed by atoms with Crippen LogP contribution in [0.2, 0.25) is 0 Å². The van der Waals surface area contributed by atoms with E-state index in [1.54, 1.807) is 0 Å². The molecule has 0 aromatic heterocycles. The van der Waals surface area contributed by atoms with E-state index in [-0.39, 0.29) is 11.7 Å². The number of aromatic carboxylic acids is 1. The predicted molar refractivity (Wildman–Crippen MR) is 75.1 cm³/mol. The van der Waals surface area contributed by atoms with Gasteiger partial charge in [-0.25, -0.2) is 9.18 Å². The van der Waals surface area contributed by atoms with Crippen LogP contribution in [0.15, 0.2) is 12.1 Å². The normalized spacial score (nSPS) is 16.7. The van der Waals surface area contributed by atoms with Gasteiger partial charge in [-0.05, 0) is 31.7 Å². The fourth-order valence-corrected chi connectivity index (χ4v) is 2.82. The number of hydrogen-bond acceptors (Lipinski definition) is 4. The zero-order valence-electron chi connectivity index (χ0n) is 11.6. The monoisotopic (exact) mass is 296 g/mol. The molecule has 1 aliphatic carbocycles. The fourth-order valence-electron chi connectivity index (χ4n) is 2.82. The number of halogens is 1. The second-order valence-corrected chi connectivity index (χ2v) is 5.39. The first-order valence-corrected chi connectivity index (χ1v) is 6.88. The third kappa shape index (κ3) is 3.29. The van der Waals surface area contributed by atoms with Crippen molar-refractivity contribution in [2.75, 3.05) is 5.32 Å². The maximum absolute atomic E-state index is 13.9. The predicted octanol–water partition coefficient (Wildman–Crippen LogP) is 3.42. The Kier molecular flexibility index (Phi) is 4.40. The van der Waals surface area contributed by atoms with Gasteiger partial charge in [-0.3, -0.25) is 10.1 Å². The summed E-state index contributed by atoms with van der Waals surface area (Å²) in [7, 11) is 0. The number of anilines is 1. The standard InChI is InChI=1S/C14H17FN2O4/c1-8(9-4-2-3-5-9)16-12-6-10(14(18)19)13(17(20)21)7-11(12)15/h6-9,16H,2-5H2,1H3,(H,18,19). The van der Waals surface area contributed by atoms with Crippen molar-refractivity contribution in [1.29, 1.82) is 0 Å². The van der Waals surface area contributed by atoms with Crippen molar-refractivity contribution >= 4 is 17.3 Å². The Morgan fingerprint density at radius 2 is 2.10 bits per heavy atom. The van der Waals surface area contributed by atoms with Gasteiger partial charge in [0.15, 0.2) is 5.82 Å². The first kappa shape index (κ1) is 15.2. The molecule has 0 saturated heterocycles. The molecule has 21 heavy (non-hydrogen) atoms. The summed E-state index contributed by atoms with van der Waals surface area (Å²) in [5.74, 6) is -1.84. The van der Waals surface area contributed by atoms with Gasteiger partial charge in [0.25, 0.3) is 5.69 Å². The lowest BCUT2D eigenvalue weighted by atomic mass is 9.99. The van der Waals surface area contributed by atoms with Gasteiger partial charge < -0.3 is 10.4 Å². The maximum atomic E-state index is 13.9. The summed E-state index contributed by atoms with van der Waals surface area (Å²) in [5, 5.41) is 22.7. The van der Waals surface area contributed by atoms with Crippen LogP contribution in [0.25, 0.3) is 0 Å². The molecule has 1 unspecified atom stereocenters. The molecule has 7 heteroatoms. The summed E-state index contributed by atoms with van der Waals surface area (Å²) in [6.45, 7) is 1.91. The van der Waals surface area contributed by atoms with E-state index >= 15 is 0 Å². The number of benzene rings is 1. The second-order valence-electron chi connectivity index (χ2n) is 5.39. The van der Waals surface area contributed by atoms with Gasteiger partial charge in [0, 0.05) is 6.04 Å². The molecule has 1 aromatic carbocycles. The van der Waals surface area contributed by atoms with Crippen molar-refractivity contribution in [2.45, 2.75) is 38.6 Å². The van der Waals surface area contributed by atoms with E-state index in [1.165, 1.54) is 0 Å². The van der Waals surface area contributed by atoms with Crippen molar-refractivity contribution in [2.24, 2.45) is 5.92 Å². The van der Waals surface area contributed by atoms with Gasteiger partial charge in [-0.1, -0.05) is 12.8 Å². The molecule has 0 bridgehead atoms. The van der Waals surface area contributed by atoms with Gasteiger partial charge in [-0.15, -0.1) is 0 Å². The number of carbonyl (C=O) groups is 1. The van der Waals surface area contributed by atoms with Crippen LogP contribution < -0.4 is 5.32 Å². The number of nitro groups is 1. The van der Waals surface area contributed by atoms with Gasteiger partial charge in [0.2, 0.25) is 0 Å². The van der Waals surface area contributed by atoms with Crippen LogP contribution in [0.5, 0.6) is 0 Å². The van der Waals surface area contributed by atoms with Gasteiger partial charge in [0.05, 0.1) is 16.7 Å². The Hall–Kier alpha value is -2.18. The summed E-state index contributed by atoms with van der Waals surface area (Å²) >= 11 is 0. The lowest BCUT2D eigenvalue weighted by molar-refractivity contribution is -0.385. The molecule has 1 atom stereocenters. The molecule has 114 valence electrons. The summed E-state index contributed by atoms with van der Waals surface area (Å²) in [5.41, 5.74) is -1.25. The maximum Gasteiger partial charge on any atom is 0.342 e. The Bertz CT molecular complexity index is 570. The third-order valence-corrected chi connectivity index (χ3v) is 4.00. The number of carboxylic acid groups (broad SMARTS) is 1. The van der Waals surface area contributed by atoms with Crippen LogP contribution >= 0.6 is 0 Å². The topological polar surface area (TPSA) is 92.5 Å². The lowest BCUT2D eigenvalue weighted by Gasteiger charge is -2.22. The molecule has 0 spiro atoms. The highest BCUT2D eigenvalue weighted by molar-refractivity contribution is 5.93. The van der Waals surface area contributed by atoms with Crippen LogP contribution in [0.1, 0.15) is 43.0 Å². The second kappa shape index (κ2) is 6.07. The van der Waals surface area contributed by atoms with Crippen molar-refractivity contribution in [3.8, 4) is 0 Å². The number of rotatable bonds is 5. The number of nitrogens with one attached hydrogen (secondary N) is 1. The van der Waals surface area contributed by atoms with E-state index in [0.717, 1.165) is 31.7 Å². The summed E-state index contributed by atoms with van der Waals surface area (Å²) < 4.78 is 13.9. The molecule has 1 aromatic rings. The highest BCUT2D eigenvalue weighted by Gasteiger charge is 2.26. The minimum Gasteiger partial charge on any atom is -0.477 e. The SMILES string of the molecule is CC(Nc1cc(C(=O)O)c([N+](=O)[O-])cc1F)C1CCCC1. The number of nitrogens with zero attached hydrogens (tertiary/aromatic N) is 1. The molecule has 6 nitrogen and oxygen atoms in total. The molecular weight excluding hydrogens is 279 g/mol. The van der Waals surface area contributed by atoms with Crippen molar-refractivity contribution in [1.82, 2.24) is 0 Å². The Labute approximate surface area is 121 Å². The molecule has 0 heterocycles. The molecule has 2 rings (SSSR count). The van der Waals surface area contributed by atoms with E-state index in [4.69, 9.17) is 5.11 Å². The average Bonchev–Trinajstić information content (AvgIpc) is 2.94. The van der Waals surface area contributed by atoms with Crippen LogP contribution in [-0.4, -0.2) is 22.0 Å². The highest BCUT2D eigenvalue weighted by atomic mass is 19.1. The third-order valence-electron chi connectivity index (χ3n) is 4.00. The first-order chi connectivity index (χ1) is 9.90. The molecular formula is C14H17FN2O4. The van der Waals surface area contributed by atoms with E-state index in [9.17, 15) is 19.3 Å². The Morgan fingerprint density at radius 1 is 1.48 bits per heavy atom. The minimum absolute atomic E-state index is 0.00241. The number of hydrogen-bond donors (Lipinski definition) is 2. The zero-order valence-corrected chi connectivity index (χ0v) is 11.6. The van der Waals surface area contributed by atoms with Gasteiger partial charge >= 0.3 is 5.97 Å². The number of carboxylic acids is 1. The molecule has 1 saturated carbocycles. The molecule has 1 aliphatic rings. The fraction of sp³-hybridized carbons (Fsp3) is 0.500. The molecule has 1 fully saturated rings. The largest absolute Gasteiger partial charge is 0.477 e. The van der Waals surface area contributed by atoms with E-state index in [0.29, 0.717) is 12.0 Å². The zero-order chi connectivity index (χ0) is 15.6. The smallest absolute Gasteiger partial charge is 0.342 e. The summed E-state index contributed by atoms with van der Waals surface area (Å²) in [4.78, 5) is 21.0. The van der Waals surface area contributed by atoms with E-state index < -0.39 is 28.0 Å². The van der Waals surface area contributed by atoms with Crippen LogP contribution in [-0.2, 0) is 0 Å². The quantitative estimate of drug-likeness (QED) is 0.641. The Morgan fingerprint density at radius 3 is 2.62 bits per heavy atom. The van der Waals surface area contributed by atoms with E-state index in [1.807, 2.05) is 6.92 Å². The average molecular weight is 296 g/mol. The van der Waals surface area contributed by atoms with Crippen molar-refractivity contribution in [3.05, 3.63) is 33.6 Å². The van der Waals surface area contributed by atoms with Crippen molar-refractivity contribution < 1.29 is 19.2 Å². The first-order valence-electron chi connectivity index (χ1n) is 6.88. The van der Waals surface area contributed by atoms with Crippen molar-refractivity contribution in [3.63, 3.8) is 0 Å². The minimum atomic E-state index is -1.45. The number of nitro benzene ring substituents is 1. The van der Waals surface area contributed by atoms with E-state index in [2.05, 4.69) is 5.32 Å². The van der Waals surface area contributed by atoms with Crippen LogP contribution in [0.3, 0.4) is 0 Å². The molecule has 0 amide bonds. The van der Waals surface area contributed by atoms with Gasteiger partial charge in [0.1, 0.15) is 5.56 Å². The summed E-state index contributed by atoms with van der Waals surface area (Å²) in [6, 6.07) is 1.65. The Balaban J connectivity index is 2.29. The molecule has 0 radical (unpaired) electrons. The lowest BCUT2D eigenvalue weighted by Crippen LogP contribution is -2.24. The molecule has 0 aliphatic heterocycles.